The molecular weight excluding hydrogens is 312 g/mol. The van der Waals surface area contributed by atoms with Gasteiger partial charge in [0.1, 0.15) is 0 Å². The Morgan fingerprint density at radius 1 is 1.29 bits per heavy atom. The average molecular weight is 335 g/mol. The number of halogens is 1. The minimum atomic E-state index is -3.54. The highest BCUT2D eigenvalue weighted by Crippen LogP contribution is 2.20. The van der Waals surface area contributed by atoms with E-state index in [0.717, 1.165) is 18.4 Å². The molecule has 0 amide bonds. The summed E-state index contributed by atoms with van der Waals surface area (Å²) < 4.78 is 32.0. The van der Waals surface area contributed by atoms with Crippen molar-refractivity contribution in [3.8, 4) is 0 Å². The van der Waals surface area contributed by atoms with Crippen LogP contribution < -0.4 is 10.0 Å². The van der Waals surface area contributed by atoms with Crippen LogP contribution in [0.1, 0.15) is 25.3 Å². The Bertz CT molecular complexity index is 535. The van der Waals surface area contributed by atoms with Crippen LogP contribution in [0.5, 0.6) is 0 Å². The molecule has 0 aliphatic heterocycles. The van der Waals surface area contributed by atoms with Crippen molar-refractivity contribution in [3.63, 3.8) is 0 Å². The summed E-state index contributed by atoms with van der Waals surface area (Å²) in [5.74, 6) is 0. The molecule has 0 fully saturated rings. The zero-order valence-electron chi connectivity index (χ0n) is 12.5. The van der Waals surface area contributed by atoms with Crippen molar-refractivity contribution >= 4 is 21.6 Å². The second-order valence-corrected chi connectivity index (χ2v) is 6.82. The first kappa shape index (κ1) is 18.4. The fourth-order valence-corrected chi connectivity index (χ4v) is 3.06. The molecule has 5 nitrogen and oxygen atoms in total. The first-order chi connectivity index (χ1) is 10.0. The molecule has 21 heavy (non-hydrogen) atoms. The molecule has 120 valence electrons. The van der Waals surface area contributed by atoms with Gasteiger partial charge in [-0.2, -0.15) is 0 Å². The molecular formula is C14H23ClN2O3S. The number of hydrogen-bond donors (Lipinski definition) is 2. The van der Waals surface area contributed by atoms with Gasteiger partial charge in [0.15, 0.2) is 0 Å². The molecule has 0 saturated heterocycles. The Kier molecular flexibility index (Phi) is 8.21. The zero-order valence-corrected chi connectivity index (χ0v) is 14.1. The van der Waals surface area contributed by atoms with Gasteiger partial charge >= 0.3 is 0 Å². The fourth-order valence-electron chi connectivity index (χ4n) is 1.71. The average Bonchev–Trinajstić information content (AvgIpc) is 2.45. The summed E-state index contributed by atoms with van der Waals surface area (Å²) in [5.41, 5.74) is 0.862. The molecule has 0 radical (unpaired) electrons. The van der Waals surface area contributed by atoms with Crippen LogP contribution in [0, 0.1) is 0 Å². The quantitative estimate of drug-likeness (QED) is 0.643. The Hall–Kier alpha value is -0.660. The molecule has 1 aromatic carbocycles. The van der Waals surface area contributed by atoms with E-state index in [0.29, 0.717) is 24.8 Å². The third-order valence-corrected chi connectivity index (χ3v) is 4.69. The minimum Gasteiger partial charge on any atom is -0.380 e. The summed E-state index contributed by atoms with van der Waals surface area (Å²) in [6.07, 6.45) is 2.04. The normalized spacial score (nSPS) is 11.8. The molecule has 2 N–H and O–H groups in total. The predicted octanol–water partition coefficient (Wildman–Crippen LogP) is 2.15. The van der Waals surface area contributed by atoms with E-state index in [4.69, 9.17) is 16.3 Å². The largest absolute Gasteiger partial charge is 0.380 e. The molecule has 0 aliphatic carbocycles. The van der Waals surface area contributed by atoms with Gasteiger partial charge in [0, 0.05) is 24.7 Å². The lowest BCUT2D eigenvalue weighted by Gasteiger charge is -2.09. The van der Waals surface area contributed by atoms with E-state index < -0.39 is 10.0 Å². The summed E-state index contributed by atoms with van der Waals surface area (Å²) in [5, 5.41) is 3.41. The van der Waals surface area contributed by atoms with Crippen LogP contribution in [0.3, 0.4) is 0 Å². The number of sulfonamides is 1. The highest BCUT2D eigenvalue weighted by molar-refractivity contribution is 7.89. The van der Waals surface area contributed by atoms with E-state index in [9.17, 15) is 8.42 Å². The molecule has 0 atom stereocenters. The highest BCUT2D eigenvalue weighted by Gasteiger charge is 2.14. The van der Waals surface area contributed by atoms with Crippen molar-refractivity contribution in [2.45, 2.75) is 31.2 Å². The fraction of sp³-hybridized carbons (Fsp3) is 0.571. The molecule has 0 aromatic heterocycles. The van der Waals surface area contributed by atoms with Gasteiger partial charge < -0.3 is 10.1 Å². The van der Waals surface area contributed by atoms with E-state index in [1.165, 1.54) is 6.07 Å². The lowest BCUT2D eigenvalue weighted by atomic mass is 10.2. The Morgan fingerprint density at radius 3 is 2.67 bits per heavy atom. The summed E-state index contributed by atoms with van der Waals surface area (Å²) in [7, 11) is -1.74. The van der Waals surface area contributed by atoms with Gasteiger partial charge in [-0.3, -0.25) is 0 Å². The van der Waals surface area contributed by atoms with Crippen LogP contribution in [0.25, 0.3) is 0 Å². The van der Waals surface area contributed by atoms with Gasteiger partial charge in [-0.05, 0) is 31.2 Å². The molecule has 0 saturated carbocycles. The van der Waals surface area contributed by atoms with E-state index in [1.54, 1.807) is 19.2 Å². The first-order valence-electron chi connectivity index (χ1n) is 7.01. The van der Waals surface area contributed by atoms with E-state index in [2.05, 4.69) is 17.0 Å². The van der Waals surface area contributed by atoms with Crippen LogP contribution in [-0.2, 0) is 21.3 Å². The van der Waals surface area contributed by atoms with Crippen LogP contribution in [-0.4, -0.2) is 35.2 Å². The second kappa shape index (κ2) is 9.38. The monoisotopic (exact) mass is 334 g/mol. The maximum absolute atomic E-state index is 12.1. The lowest BCUT2D eigenvalue weighted by molar-refractivity contribution is 0.136. The smallest absolute Gasteiger partial charge is 0.240 e. The number of benzene rings is 1. The van der Waals surface area contributed by atoms with Crippen LogP contribution >= 0.6 is 11.6 Å². The minimum absolute atomic E-state index is 0.168. The van der Waals surface area contributed by atoms with Crippen molar-refractivity contribution in [2.75, 3.05) is 26.8 Å². The molecule has 0 bridgehead atoms. The summed E-state index contributed by atoms with van der Waals surface area (Å²) >= 11 is 6.08. The van der Waals surface area contributed by atoms with Gasteiger partial charge in [0.25, 0.3) is 0 Å². The van der Waals surface area contributed by atoms with E-state index >= 15 is 0 Å². The maximum Gasteiger partial charge on any atom is 0.240 e. The molecule has 7 heteroatoms. The van der Waals surface area contributed by atoms with E-state index in [1.807, 2.05) is 0 Å². The van der Waals surface area contributed by atoms with Crippen LogP contribution in [0.15, 0.2) is 23.1 Å². The number of rotatable bonds is 10. The standard InChI is InChI=1S/C14H23ClN2O3S/c1-3-4-8-20-9-7-17-21(18,19)13-6-5-12(11-16-2)14(15)10-13/h5-6,10,16-17H,3-4,7-9,11H2,1-2H3. The molecule has 0 heterocycles. The number of nitrogens with one attached hydrogen (secondary N) is 2. The third kappa shape index (κ3) is 6.32. The molecule has 0 spiro atoms. The van der Waals surface area contributed by atoms with Gasteiger partial charge in [0.05, 0.1) is 11.5 Å². The molecule has 0 aliphatic rings. The third-order valence-electron chi connectivity index (χ3n) is 2.88. The maximum atomic E-state index is 12.1. The van der Waals surface area contributed by atoms with Gasteiger partial charge in [0.2, 0.25) is 10.0 Å². The number of ether oxygens (including phenoxy) is 1. The van der Waals surface area contributed by atoms with Crippen molar-refractivity contribution in [1.82, 2.24) is 10.0 Å². The Labute approximate surface area is 132 Å². The first-order valence-corrected chi connectivity index (χ1v) is 8.87. The van der Waals surface area contributed by atoms with Crippen molar-refractivity contribution in [1.29, 1.82) is 0 Å². The predicted molar refractivity (Wildman–Crippen MR) is 85.1 cm³/mol. The summed E-state index contributed by atoms with van der Waals surface area (Å²) in [4.78, 5) is 0.168. The Morgan fingerprint density at radius 2 is 2.05 bits per heavy atom. The molecule has 1 aromatic rings. The van der Waals surface area contributed by atoms with Crippen molar-refractivity contribution in [2.24, 2.45) is 0 Å². The van der Waals surface area contributed by atoms with Crippen LogP contribution in [0.4, 0.5) is 0 Å². The second-order valence-electron chi connectivity index (χ2n) is 4.65. The zero-order chi connectivity index (χ0) is 15.7. The molecule has 0 unspecified atom stereocenters. The van der Waals surface area contributed by atoms with Gasteiger partial charge in [-0.25, -0.2) is 13.1 Å². The van der Waals surface area contributed by atoms with Gasteiger partial charge in [-0.1, -0.05) is 31.0 Å². The highest BCUT2D eigenvalue weighted by atomic mass is 35.5. The van der Waals surface area contributed by atoms with Gasteiger partial charge in [-0.15, -0.1) is 0 Å². The number of hydrogen-bond acceptors (Lipinski definition) is 4. The summed E-state index contributed by atoms with van der Waals surface area (Å²) in [6, 6.07) is 4.73. The molecule has 1 rings (SSSR count). The van der Waals surface area contributed by atoms with Crippen molar-refractivity contribution < 1.29 is 13.2 Å². The lowest BCUT2D eigenvalue weighted by Crippen LogP contribution is -2.27. The Balaban J connectivity index is 2.56. The van der Waals surface area contributed by atoms with Crippen LogP contribution in [0.2, 0.25) is 5.02 Å². The van der Waals surface area contributed by atoms with Crippen molar-refractivity contribution in [3.05, 3.63) is 28.8 Å². The number of unbranched alkanes of at least 4 members (excludes halogenated alkanes) is 1. The SMILES string of the molecule is CCCCOCCNS(=O)(=O)c1ccc(CNC)c(Cl)c1. The summed E-state index contributed by atoms with van der Waals surface area (Å²) in [6.45, 7) is 3.95. The topological polar surface area (TPSA) is 67.4 Å². The van der Waals surface area contributed by atoms with E-state index in [-0.39, 0.29) is 11.4 Å².